The number of rotatable bonds is 7. The molecule has 1 aliphatic carbocycles. The summed E-state index contributed by atoms with van der Waals surface area (Å²) in [6, 6.07) is 15.0. The Bertz CT molecular complexity index is 740. The van der Waals surface area contributed by atoms with E-state index in [1.807, 2.05) is 24.3 Å². The Labute approximate surface area is 156 Å². The third-order valence-electron chi connectivity index (χ3n) is 4.55. The summed E-state index contributed by atoms with van der Waals surface area (Å²) in [7, 11) is 0. The lowest BCUT2D eigenvalue weighted by atomic mass is 9.95. The van der Waals surface area contributed by atoms with E-state index < -0.39 is 11.3 Å². The van der Waals surface area contributed by atoms with E-state index in [1.165, 1.54) is 0 Å². The van der Waals surface area contributed by atoms with Gasteiger partial charge in [-0.2, -0.15) is 8.78 Å². The van der Waals surface area contributed by atoms with Crippen molar-refractivity contribution in [2.75, 3.05) is 6.61 Å². The molecule has 138 valence electrons. The number of carbonyl (C=O) groups excluding carboxylic acids is 1. The fourth-order valence-electron chi connectivity index (χ4n) is 3.29. The Hall–Kier alpha value is -1.92. The molecule has 1 N–H and O–H groups in total. The number of nitrogens with one attached hydrogen (secondary N) is 1. The predicted molar refractivity (Wildman–Crippen MR) is 98.4 cm³/mol. The SMILES string of the molecule is CCOC(=O)C1(NCc2ccc(SC(F)F)cc2)Cc2ccccc2C1. The molecule has 0 saturated carbocycles. The van der Waals surface area contributed by atoms with Gasteiger partial charge in [-0.05, 0) is 35.7 Å². The lowest BCUT2D eigenvalue weighted by molar-refractivity contribution is -0.151. The van der Waals surface area contributed by atoms with Crippen LogP contribution in [0.3, 0.4) is 0 Å². The minimum atomic E-state index is -2.43. The molecule has 3 rings (SSSR count). The molecule has 2 aromatic rings. The molecule has 0 spiro atoms. The molecule has 0 heterocycles. The van der Waals surface area contributed by atoms with Crippen molar-refractivity contribution in [1.82, 2.24) is 5.32 Å². The Balaban J connectivity index is 1.72. The molecular weight excluding hydrogens is 356 g/mol. The maximum atomic E-state index is 12.7. The minimum Gasteiger partial charge on any atom is -0.465 e. The smallest absolute Gasteiger partial charge is 0.327 e. The van der Waals surface area contributed by atoms with Crippen LogP contribution < -0.4 is 5.32 Å². The van der Waals surface area contributed by atoms with Crippen LogP contribution in [-0.2, 0) is 28.9 Å². The fourth-order valence-corrected chi connectivity index (χ4v) is 3.78. The average Bonchev–Trinajstić information content (AvgIpc) is 3.01. The van der Waals surface area contributed by atoms with Gasteiger partial charge in [-0.3, -0.25) is 10.1 Å². The Kier molecular flexibility index (Phi) is 5.94. The van der Waals surface area contributed by atoms with Crippen molar-refractivity contribution in [3.05, 3.63) is 65.2 Å². The number of ether oxygens (including phenoxy) is 1. The molecule has 0 unspecified atom stereocenters. The van der Waals surface area contributed by atoms with Crippen molar-refractivity contribution < 1.29 is 18.3 Å². The van der Waals surface area contributed by atoms with Crippen LogP contribution in [0.2, 0.25) is 0 Å². The van der Waals surface area contributed by atoms with Crippen LogP contribution in [-0.4, -0.2) is 23.9 Å². The van der Waals surface area contributed by atoms with Crippen LogP contribution in [0.25, 0.3) is 0 Å². The number of esters is 1. The van der Waals surface area contributed by atoms with E-state index >= 15 is 0 Å². The normalized spacial score (nSPS) is 15.1. The fraction of sp³-hybridized carbons (Fsp3) is 0.350. The zero-order valence-corrected chi connectivity index (χ0v) is 15.3. The molecule has 6 heteroatoms. The topological polar surface area (TPSA) is 38.3 Å². The van der Waals surface area contributed by atoms with Crippen LogP contribution in [0, 0.1) is 0 Å². The minimum absolute atomic E-state index is 0.249. The average molecular weight is 377 g/mol. The van der Waals surface area contributed by atoms with Crippen LogP contribution in [0.4, 0.5) is 8.78 Å². The van der Waals surface area contributed by atoms with Crippen molar-refractivity contribution in [3.63, 3.8) is 0 Å². The molecule has 0 radical (unpaired) electrons. The molecule has 3 nitrogen and oxygen atoms in total. The molecule has 0 aromatic heterocycles. The van der Waals surface area contributed by atoms with Gasteiger partial charge >= 0.3 is 5.97 Å². The quantitative estimate of drug-likeness (QED) is 0.580. The van der Waals surface area contributed by atoms with E-state index in [9.17, 15) is 13.6 Å². The number of carbonyl (C=O) groups is 1. The number of hydrogen-bond acceptors (Lipinski definition) is 4. The van der Waals surface area contributed by atoms with E-state index in [0.29, 0.717) is 42.7 Å². The number of benzene rings is 2. The van der Waals surface area contributed by atoms with Gasteiger partial charge in [0, 0.05) is 24.3 Å². The van der Waals surface area contributed by atoms with Crippen LogP contribution in [0.15, 0.2) is 53.4 Å². The maximum absolute atomic E-state index is 12.7. The number of fused-ring (bicyclic) bond motifs is 1. The summed E-state index contributed by atoms with van der Waals surface area (Å²) in [6.07, 6.45) is 1.17. The van der Waals surface area contributed by atoms with E-state index in [-0.39, 0.29) is 5.97 Å². The van der Waals surface area contributed by atoms with Gasteiger partial charge in [0.15, 0.2) is 0 Å². The lowest BCUT2D eigenvalue weighted by Gasteiger charge is -2.28. The van der Waals surface area contributed by atoms with Gasteiger partial charge in [0.25, 0.3) is 5.76 Å². The van der Waals surface area contributed by atoms with E-state index in [4.69, 9.17) is 4.74 Å². The zero-order valence-electron chi connectivity index (χ0n) is 14.5. The van der Waals surface area contributed by atoms with E-state index in [0.717, 1.165) is 16.7 Å². The second kappa shape index (κ2) is 8.18. The highest BCUT2D eigenvalue weighted by atomic mass is 32.2. The molecule has 26 heavy (non-hydrogen) atoms. The lowest BCUT2D eigenvalue weighted by Crippen LogP contribution is -2.53. The summed E-state index contributed by atoms with van der Waals surface area (Å²) in [5.74, 6) is -2.68. The summed E-state index contributed by atoms with van der Waals surface area (Å²) in [5, 5.41) is 3.37. The predicted octanol–water partition coefficient (Wildman–Crippen LogP) is 4.19. The van der Waals surface area contributed by atoms with Crippen LogP contribution in [0.1, 0.15) is 23.6 Å². The summed E-state index contributed by atoms with van der Waals surface area (Å²) in [4.78, 5) is 13.2. The van der Waals surface area contributed by atoms with Gasteiger partial charge in [0.05, 0.1) is 6.61 Å². The standard InChI is InChI=1S/C20H21F2NO2S/c1-2-25-18(24)20(11-15-5-3-4-6-16(15)12-20)23-13-14-7-9-17(10-8-14)26-19(21)22/h3-10,19,23H,2,11-13H2,1H3. The Morgan fingerprint density at radius 2 is 1.77 bits per heavy atom. The highest BCUT2D eigenvalue weighted by molar-refractivity contribution is 7.99. The summed E-state index contributed by atoms with van der Waals surface area (Å²) in [6.45, 7) is 2.59. The highest BCUT2D eigenvalue weighted by Crippen LogP contribution is 2.32. The number of thioether (sulfide) groups is 1. The van der Waals surface area contributed by atoms with Crippen molar-refractivity contribution in [2.24, 2.45) is 0 Å². The first-order valence-electron chi connectivity index (χ1n) is 8.55. The molecule has 2 aromatic carbocycles. The van der Waals surface area contributed by atoms with Gasteiger partial charge in [0.2, 0.25) is 0 Å². The molecule has 0 fully saturated rings. The molecule has 0 amide bonds. The molecule has 0 bridgehead atoms. The maximum Gasteiger partial charge on any atom is 0.327 e. The van der Waals surface area contributed by atoms with Crippen LogP contribution >= 0.6 is 11.8 Å². The molecule has 1 aliphatic rings. The Morgan fingerprint density at radius 3 is 2.31 bits per heavy atom. The Morgan fingerprint density at radius 1 is 1.15 bits per heavy atom. The summed E-state index contributed by atoms with van der Waals surface area (Å²) < 4.78 is 30.2. The van der Waals surface area contributed by atoms with Crippen LogP contribution in [0.5, 0.6) is 0 Å². The largest absolute Gasteiger partial charge is 0.465 e. The molecule has 0 atom stereocenters. The first-order valence-corrected chi connectivity index (χ1v) is 9.43. The molecule has 0 aliphatic heterocycles. The number of alkyl halides is 2. The highest BCUT2D eigenvalue weighted by Gasteiger charge is 2.44. The zero-order chi connectivity index (χ0) is 18.6. The number of halogens is 2. The number of hydrogen-bond donors (Lipinski definition) is 1. The van der Waals surface area contributed by atoms with Crippen molar-refractivity contribution in [1.29, 1.82) is 0 Å². The molecule has 0 saturated heterocycles. The van der Waals surface area contributed by atoms with Crippen molar-refractivity contribution >= 4 is 17.7 Å². The first kappa shape index (κ1) is 18.9. The first-order chi connectivity index (χ1) is 12.5. The third kappa shape index (κ3) is 4.24. The van der Waals surface area contributed by atoms with Gasteiger partial charge < -0.3 is 4.74 Å². The van der Waals surface area contributed by atoms with Gasteiger partial charge in [-0.15, -0.1) is 0 Å². The van der Waals surface area contributed by atoms with Crippen molar-refractivity contribution in [3.8, 4) is 0 Å². The second-order valence-electron chi connectivity index (χ2n) is 6.30. The van der Waals surface area contributed by atoms with Crippen molar-refractivity contribution in [2.45, 2.75) is 42.5 Å². The van der Waals surface area contributed by atoms with Gasteiger partial charge in [-0.25, -0.2) is 0 Å². The van der Waals surface area contributed by atoms with E-state index in [2.05, 4.69) is 5.32 Å². The summed E-state index contributed by atoms with van der Waals surface area (Å²) >= 11 is 0.525. The monoisotopic (exact) mass is 377 g/mol. The second-order valence-corrected chi connectivity index (χ2v) is 7.36. The third-order valence-corrected chi connectivity index (χ3v) is 5.27. The van der Waals surface area contributed by atoms with Gasteiger partial charge in [-0.1, -0.05) is 48.2 Å². The molecular formula is C20H21F2NO2S. The van der Waals surface area contributed by atoms with Gasteiger partial charge in [0.1, 0.15) is 5.54 Å². The van der Waals surface area contributed by atoms with E-state index in [1.54, 1.807) is 31.2 Å². The summed E-state index contributed by atoms with van der Waals surface area (Å²) in [5.41, 5.74) is 2.45.